The molecule has 1 aromatic heterocycles. The smallest absolute Gasteiger partial charge is 0.405 e. The number of carboxylic acid groups (broad SMARTS) is 1. The molecule has 3 fully saturated rings. The van der Waals surface area contributed by atoms with E-state index in [4.69, 9.17) is 9.47 Å². The second-order valence-electron chi connectivity index (χ2n) is 14.1. The normalized spacial score (nSPS) is 30.9. The molecule has 2 aromatic rings. The van der Waals surface area contributed by atoms with Gasteiger partial charge >= 0.3 is 6.09 Å². The summed E-state index contributed by atoms with van der Waals surface area (Å²) in [4.78, 5) is 64.7. The monoisotopic (exact) mass is 712 g/mol. The first-order valence-electron chi connectivity index (χ1n) is 17.0. The molecule has 1 aromatic carbocycles. The Kier molecular flexibility index (Phi) is 9.68. The molecule has 0 spiro atoms. The molecule has 3 N–H and O–H groups in total. The summed E-state index contributed by atoms with van der Waals surface area (Å²) in [5.41, 5.74) is -0.398. The molecule has 6 rings (SSSR count). The van der Waals surface area contributed by atoms with Crippen molar-refractivity contribution in [3.05, 3.63) is 36.5 Å². The molecule has 2 aliphatic heterocycles. The van der Waals surface area contributed by atoms with Crippen LogP contribution in [0.5, 0.6) is 11.6 Å². The van der Waals surface area contributed by atoms with Gasteiger partial charge in [-0.15, -0.1) is 0 Å². The highest BCUT2D eigenvalue weighted by molar-refractivity contribution is 7.90. The molecule has 2 saturated carbocycles. The molecule has 50 heavy (non-hydrogen) atoms. The van der Waals surface area contributed by atoms with Crippen LogP contribution in [0.25, 0.3) is 11.0 Å². The summed E-state index contributed by atoms with van der Waals surface area (Å²) in [5, 5.41) is 14.3. The fourth-order valence-electron chi connectivity index (χ4n) is 7.24. The number of amides is 4. The van der Waals surface area contributed by atoms with Gasteiger partial charge in [-0.2, -0.15) is 0 Å². The van der Waals surface area contributed by atoms with Crippen molar-refractivity contribution in [3.63, 3.8) is 0 Å². The first-order chi connectivity index (χ1) is 23.7. The molecule has 2 aliphatic carbocycles. The summed E-state index contributed by atoms with van der Waals surface area (Å²) in [6.45, 7) is 3.77. The zero-order chi connectivity index (χ0) is 36.0. The van der Waals surface area contributed by atoms with Crippen LogP contribution in [0.15, 0.2) is 36.5 Å². The Morgan fingerprint density at radius 3 is 2.60 bits per heavy atom. The minimum atomic E-state index is -3.89. The van der Waals surface area contributed by atoms with E-state index in [0.717, 1.165) is 10.7 Å². The quantitative estimate of drug-likeness (QED) is 0.357. The minimum Gasteiger partial charge on any atom is -0.497 e. The van der Waals surface area contributed by atoms with Gasteiger partial charge in [-0.25, -0.2) is 27.5 Å². The first kappa shape index (κ1) is 35.4. The number of aromatic nitrogens is 2. The molecule has 4 amide bonds. The average molecular weight is 713 g/mol. The van der Waals surface area contributed by atoms with Gasteiger partial charge in [0.25, 0.3) is 5.91 Å². The van der Waals surface area contributed by atoms with E-state index < -0.39 is 74.7 Å². The summed E-state index contributed by atoms with van der Waals surface area (Å²) < 4.78 is 38.4. The average Bonchev–Trinajstić information content (AvgIpc) is 4.01. The van der Waals surface area contributed by atoms with Crippen molar-refractivity contribution >= 4 is 44.9 Å². The highest BCUT2D eigenvalue weighted by Crippen LogP contribution is 2.47. The van der Waals surface area contributed by atoms with Gasteiger partial charge in [0.05, 0.1) is 36.1 Å². The van der Waals surface area contributed by atoms with E-state index in [1.165, 1.54) is 18.1 Å². The summed E-state index contributed by atoms with van der Waals surface area (Å²) in [6.07, 6.45) is 6.22. The predicted octanol–water partition coefficient (Wildman–Crippen LogP) is 2.46. The number of methoxy groups -OCH3 is 1. The number of fused-ring (bicyclic) bond motifs is 3. The summed E-state index contributed by atoms with van der Waals surface area (Å²) in [6, 6.07) is 2.88. The summed E-state index contributed by atoms with van der Waals surface area (Å²) in [7, 11) is -1.12. The van der Waals surface area contributed by atoms with Gasteiger partial charge in [0, 0.05) is 25.5 Å². The van der Waals surface area contributed by atoms with Crippen molar-refractivity contribution in [1.82, 2.24) is 29.8 Å². The maximum Gasteiger partial charge on any atom is 0.405 e. The molecule has 4 aliphatic rings. The molecule has 0 radical (unpaired) electrons. The van der Waals surface area contributed by atoms with E-state index in [9.17, 15) is 32.7 Å². The third-order valence-electron chi connectivity index (χ3n) is 10.3. The number of carbonyl (C=O) groups is 4. The maximum atomic E-state index is 14.3. The fourth-order valence-corrected chi connectivity index (χ4v) is 8.82. The Balaban J connectivity index is 1.32. The number of likely N-dealkylation sites (N-methyl/N-ethyl adjacent to an activating group) is 1. The van der Waals surface area contributed by atoms with Crippen LogP contribution in [0.2, 0.25) is 0 Å². The van der Waals surface area contributed by atoms with Gasteiger partial charge in [0.1, 0.15) is 29.5 Å². The van der Waals surface area contributed by atoms with Crippen LogP contribution in [-0.2, 0) is 24.4 Å². The lowest BCUT2D eigenvalue weighted by molar-refractivity contribution is -0.142. The Hall–Kier alpha value is -4.47. The molecule has 16 heteroatoms. The molecule has 270 valence electrons. The Bertz CT molecular complexity index is 1820. The molecule has 15 nitrogen and oxygen atoms in total. The lowest BCUT2D eigenvalue weighted by atomic mass is 9.88. The number of rotatable bonds is 7. The van der Waals surface area contributed by atoms with Crippen LogP contribution in [-0.4, -0.2) is 106 Å². The van der Waals surface area contributed by atoms with E-state index >= 15 is 0 Å². The lowest BCUT2D eigenvalue weighted by Gasteiger charge is -2.32. The van der Waals surface area contributed by atoms with Crippen molar-refractivity contribution in [2.75, 3.05) is 20.7 Å². The van der Waals surface area contributed by atoms with Crippen molar-refractivity contribution < 1.29 is 42.2 Å². The number of hydrogen-bond acceptors (Lipinski definition) is 10. The molecule has 1 saturated heterocycles. The van der Waals surface area contributed by atoms with E-state index in [1.807, 2.05) is 19.1 Å². The zero-order valence-corrected chi connectivity index (χ0v) is 29.4. The van der Waals surface area contributed by atoms with Crippen LogP contribution in [0, 0.1) is 17.8 Å². The third kappa shape index (κ3) is 7.07. The third-order valence-corrected chi connectivity index (χ3v) is 12.5. The summed E-state index contributed by atoms with van der Waals surface area (Å²) in [5.74, 6) is -1.93. The van der Waals surface area contributed by atoms with Gasteiger partial charge in [0.15, 0.2) is 0 Å². The van der Waals surface area contributed by atoms with Gasteiger partial charge in [-0.05, 0) is 62.5 Å². The number of allylic oxidation sites excluding steroid dienone is 1. The number of ether oxygens (including phenoxy) is 2. The van der Waals surface area contributed by atoms with E-state index in [-0.39, 0.29) is 31.2 Å². The van der Waals surface area contributed by atoms with Crippen LogP contribution in [0.3, 0.4) is 0 Å². The second kappa shape index (κ2) is 13.7. The van der Waals surface area contributed by atoms with E-state index in [0.29, 0.717) is 42.5 Å². The first-order valence-corrected chi connectivity index (χ1v) is 18.5. The van der Waals surface area contributed by atoms with Crippen LogP contribution < -0.4 is 20.1 Å². The van der Waals surface area contributed by atoms with Crippen molar-refractivity contribution in [2.45, 2.75) is 87.8 Å². The largest absolute Gasteiger partial charge is 0.497 e. The topological polar surface area (TPSA) is 197 Å². The second-order valence-corrected chi connectivity index (χ2v) is 16.3. The number of hydrogen-bond donors (Lipinski definition) is 3. The molecule has 3 heterocycles. The van der Waals surface area contributed by atoms with Gasteiger partial charge in [-0.1, -0.05) is 26.0 Å². The van der Waals surface area contributed by atoms with Crippen LogP contribution >= 0.6 is 0 Å². The Morgan fingerprint density at radius 1 is 1.14 bits per heavy atom. The number of nitrogens with one attached hydrogen (secondary N) is 2. The Morgan fingerprint density at radius 2 is 1.90 bits per heavy atom. The van der Waals surface area contributed by atoms with Crippen molar-refractivity contribution in [3.8, 4) is 11.6 Å². The SMILES string of the molecule is COc1ccc2nc(O[C@@H]3C[C@H]4C(=O)N[C@]5(C(=O)N(C)S(=O)(=O)C6CC6)C[C@H]5/C=C\CC[C@@H](C)C[C@@H](C)[C@H](NC(=O)O)C(=O)N4C3)cnc2c1. The molecular weight excluding hydrogens is 668 g/mol. The van der Waals surface area contributed by atoms with Crippen molar-refractivity contribution in [1.29, 1.82) is 0 Å². The molecule has 7 atom stereocenters. The van der Waals surface area contributed by atoms with Crippen LogP contribution in [0.1, 0.15) is 58.8 Å². The number of carbonyl (C=O) groups excluding carboxylic acids is 3. The van der Waals surface area contributed by atoms with Gasteiger partial charge in [0.2, 0.25) is 27.7 Å². The highest BCUT2D eigenvalue weighted by Gasteiger charge is 2.63. The fraction of sp³-hybridized carbons (Fsp3) is 0.588. The maximum absolute atomic E-state index is 14.3. The van der Waals surface area contributed by atoms with Crippen LogP contribution in [0.4, 0.5) is 4.79 Å². The van der Waals surface area contributed by atoms with E-state index in [1.54, 1.807) is 32.2 Å². The number of sulfonamides is 1. The van der Waals surface area contributed by atoms with Gasteiger partial charge < -0.3 is 30.1 Å². The number of benzene rings is 1. The highest BCUT2D eigenvalue weighted by atomic mass is 32.2. The minimum absolute atomic E-state index is 0.00542. The predicted molar refractivity (Wildman–Crippen MR) is 181 cm³/mol. The lowest BCUT2D eigenvalue weighted by Crippen LogP contribution is -2.59. The molecule has 0 bridgehead atoms. The van der Waals surface area contributed by atoms with Crippen molar-refractivity contribution in [2.24, 2.45) is 17.8 Å². The van der Waals surface area contributed by atoms with E-state index in [2.05, 4.69) is 20.6 Å². The Labute approximate surface area is 290 Å². The van der Waals surface area contributed by atoms with Gasteiger partial charge in [-0.3, -0.25) is 14.4 Å². The number of nitrogens with zero attached hydrogens (tertiary/aromatic N) is 4. The molecular formula is C34H44N6O9S. The molecule has 0 unspecified atom stereocenters. The summed E-state index contributed by atoms with van der Waals surface area (Å²) >= 11 is 0. The zero-order valence-electron chi connectivity index (χ0n) is 28.6. The standard InChI is InChI=1S/C34H44N6O9S/c1-19-7-5-6-8-21-16-34(21,32(43)39(3)50(46,47)24-10-11-24)38-30(41)27-15-23(18-40(27)31(42)29(20(2)13-19)37-33(44)45)49-28-17-35-26-14-22(48-4)9-12-25(26)36-28/h6,8-9,12,14,17,19-21,23-24,27,29,37H,5,7,10-11,13,15-16,18H2,1-4H3,(H,38,41)(H,44,45)/b8-6-/t19-,20-,21-,23-,27+,29+,34-/m1/s1.